The van der Waals surface area contributed by atoms with Crippen molar-refractivity contribution in [3.8, 4) is 5.75 Å². The van der Waals surface area contributed by atoms with Gasteiger partial charge in [-0.3, -0.25) is 0 Å². The summed E-state index contributed by atoms with van der Waals surface area (Å²) < 4.78 is 4.96. The van der Waals surface area contributed by atoms with E-state index in [0.717, 1.165) is 0 Å². The fourth-order valence-electron chi connectivity index (χ4n) is 1.18. The molecule has 5 heteroatoms. The molecular weight excluding hydrogens is 220 g/mol. The van der Waals surface area contributed by atoms with Crippen molar-refractivity contribution >= 4 is 11.6 Å². The fourth-order valence-corrected chi connectivity index (χ4v) is 1.41. The molecule has 0 saturated carbocycles. The van der Waals surface area contributed by atoms with Gasteiger partial charge in [-0.25, -0.2) is 0 Å². The quantitative estimate of drug-likeness (QED) is 0.716. The van der Waals surface area contributed by atoms with E-state index >= 15 is 0 Å². The SMILES string of the molecule is COc1ccc(Cl)c(C(O)C(O)CO)c1. The lowest BCUT2D eigenvalue weighted by atomic mass is 10.0. The number of rotatable bonds is 4. The lowest BCUT2D eigenvalue weighted by Crippen LogP contribution is -2.22. The van der Waals surface area contributed by atoms with Gasteiger partial charge in [-0.2, -0.15) is 0 Å². The molecule has 0 fully saturated rings. The monoisotopic (exact) mass is 232 g/mol. The van der Waals surface area contributed by atoms with Crippen LogP contribution in [0.4, 0.5) is 0 Å². The fraction of sp³-hybridized carbons (Fsp3) is 0.400. The Hall–Kier alpha value is -0.810. The summed E-state index contributed by atoms with van der Waals surface area (Å²) in [4.78, 5) is 0. The molecule has 0 aromatic heterocycles. The van der Waals surface area contributed by atoms with Crippen LogP contribution in [0.1, 0.15) is 11.7 Å². The highest BCUT2D eigenvalue weighted by Gasteiger charge is 2.20. The highest BCUT2D eigenvalue weighted by Crippen LogP contribution is 2.28. The molecule has 2 atom stereocenters. The van der Waals surface area contributed by atoms with E-state index < -0.39 is 18.8 Å². The van der Waals surface area contributed by atoms with Gasteiger partial charge in [0.2, 0.25) is 0 Å². The van der Waals surface area contributed by atoms with Crippen LogP contribution in [0.25, 0.3) is 0 Å². The van der Waals surface area contributed by atoms with Crippen molar-refractivity contribution in [3.05, 3.63) is 28.8 Å². The first-order chi connectivity index (χ1) is 7.10. The average Bonchev–Trinajstić information content (AvgIpc) is 2.27. The number of methoxy groups -OCH3 is 1. The van der Waals surface area contributed by atoms with Crippen molar-refractivity contribution < 1.29 is 20.1 Å². The van der Waals surface area contributed by atoms with Crippen molar-refractivity contribution in [2.24, 2.45) is 0 Å². The molecule has 0 bridgehead atoms. The van der Waals surface area contributed by atoms with E-state index in [9.17, 15) is 10.2 Å². The van der Waals surface area contributed by atoms with E-state index in [-0.39, 0.29) is 0 Å². The molecule has 2 unspecified atom stereocenters. The molecule has 4 nitrogen and oxygen atoms in total. The van der Waals surface area contributed by atoms with Crippen molar-refractivity contribution in [1.29, 1.82) is 0 Å². The molecule has 0 spiro atoms. The normalized spacial score (nSPS) is 14.7. The lowest BCUT2D eigenvalue weighted by Gasteiger charge is -2.17. The molecule has 3 N–H and O–H groups in total. The number of hydrogen-bond acceptors (Lipinski definition) is 4. The number of halogens is 1. The Labute approximate surface area is 92.7 Å². The van der Waals surface area contributed by atoms with Gasteiger partial charge in [-0.15, -0.1) is 0 Å². The summed E-state index contributed by atoms with van der Waals surface area (Å²) in [5, 5.41) is 27.9. The third-order valence-corrected chi connectivity index (χ3v) is 2.42. The van der Waals surface area contributed by atoms with Crippen LogP contribution in [-0.2, 0) is 0 Å². The molecule has 0 saturated heterocycles. The summed E-state index contributed by atoms with van der Waals surface area (Å²) in [7, 11) is 1.49. The molecular formula is C10H13ClO4. The summed E-state index contributed by atoms with van der Waals surface area (Å²) in [6, 6.07) is 4.72. The van der Waals surface area contributed by atoms with Gasteiger partial charge in [0.15, 0.2) is 0 Å². The minimum atomic E-state index is -1.25. The van der Waals surface area contributed by atoms with Crippen LogP contribution >= 0.6 is 11.6 Å². The number of benzene rings is 1. The van der Waals surface area contributed by atoms with E-state index in [0.29, 0.717) is 16.3 Å². The molecule has 15 heavy (non-hydrogen) atoms. The molecule has 0 radical (unpaired) electrons. The maximum Gasteiger partial charge on any atom is 0.119 e. The topological polar surface area (TPSA) is 69.9 Å². The van der Waals surface area contributed by atoms with Crippen LogP contribution in [0.3, 0.4) is 0 Å². The number of hydrogen-bond donors (Lipinski definition) is 3. The van der Waals surface area contributed by atoms with Crippen LogP contribution in [0, 0.1) is 0 Å². The van der Waals surface area contributed by atoms with Gasteiger partial charge in [-0.05, 0) is 18.2 Å². The van der Waals surface area contributed by atoms with Gasteiger partial charge in [0.25, 0.3) is 0 Å². The van der Waals surface area contributed by atoms with Crippen molar-refractivity contribution in [2.45, 2.75) is 12.2 Å². The second kappa shape index (κ2) is 5.32. The van der Waals surface area contributed by atoms with Crippen LogP contribution < -0.4 is 4.74 Å². The maximum atomic E-state index is 9.64. The highest BCUT2D eigenvalue weighted by molar-refractivity contribution is 6.31. The Kier molecular flexibility index (Phi) is 4.35. The van der Waals surface area contributed by atoms with Gasteiger partial charge < -0.3 is 20.1 Å². The third kappa shape index (κ3) is 2.82. The zero-order valence-corrected chi connectivity index (χ0v) is 8.98. The molecule has 84 valence electrons. The van der Waals surface area contributed by atoms with Gasteiger partial charge >= 0.3 is 0 Å². The van der Waals surface area contributed by atoms with Gasteiger partial charge in [-0.1, -0.05) is 11.6 Å². The number of ether oxygens (including phenoxy) is 1. The minimum absolute atomic E-state index is 0.316. The standard InChI is InChI=1S/C10H13ClO4/c1-15-6-2-3-8(11)7(4-6)10(14)9(13)5-12/h2-4,9-10,12-14H,5H2,1H3. The zero-order chi connectivity index (χ0) is 11.4. The van der Waals surface area contributed by atoms with Gasteiger partial charge in [0, 0.05) is 10.6 Å². The van der Waals surface area contributed by atoms with Crippen molar-refractivity contribution in [1.82, 2.24) is 0 Å². The summed E-state index contributed by atoms with van der Waals surface area (Å²) in [6.45, 7) is -0.533. The summed E-state index contributed by atoms with van der Waals surface area (Å²) >= 11 is 5.84. The largest absolute Gasteiger partial charge is 0.497 e. The van der Waals surface area contributed by atoms with Crippen LogP contribution in [0.5, 0.6) is 5.75 Å². The van der Waals surface area contributed by atoms with Crippen LogP contribution in [0.15, 0.2) is 18.2 Å². The molecule has 1 rings (SSSR count). The minimum Gasteiger partial charge on any atom is -0.497 e. The molecule has 1 aromatic rings. The molecule has 0 amide bonds. The van der Waals surface area contributed by atoms with E-state index in [2.05, 4.69) is 0 Å². The number of aliphatic hydroxyl groups excluding tert-OH is 3. The average molecular weight is 233 g/mol. The Morgan fingerprint density at radius 1 is 1.40 bits per heavy atom. The first kappa shape index (κ1) is 12.3. The molecule has 0 aliphatic rings. The van der Waals surface area contributed by atoms with E-state index in [4.69, 9.17) is 21.4 Å². The smallest absolute Gasteiger partial charge is 0.119 e. The number of aliphatic hydroxyl groups is 3. The maximum absolute atomic E-state index is 9.64. The predicted octanol–water partition coefficient (Wildman–Crippen LogP) is 0.735. The highest BCUT2D eigenvalue weighted by atomic mass is 35.5. The van der Waals surface area contributed by atoms with E-state index in [1.54, 1.807) is 12.1 Å². The lowest BCUT2D eigenvalue weighted by molar-refractivity contribution is -0.0152. The predicted molar refractivity (Wildman–Crippen MR) is 56.1 cm³/mol. The molecule has 0 aliphatic carbocycles. The van der Waals surface area contributed by atoms with Crippen LogP contribution in [-0.4, -0.2) is 35.1 Å². The summed E-state index contributed by atoms with van der Waals surface area (Å²) in [5.41, 5.74) is 0.331. The Morgan fingerprint density at radius 2 is 2.07 bits per heavy atom. The molecule has 0 aliphatic heterocycles. The Morgan fingerprint density at radius 3 is 2.60 bits per heavy atom. The molecule has 1 aromatic carbocycles. The Balaban J connectivity index is 3.01. The third-order valence-electron chi connectivity index (χ3n) is 2.07. The van der Waals surface area contributed by atoms with Gasteiger partial charge in [0.05, 0.1) is 13.7 Å². The first-order valence-electron chi connectivity index (χ1n) is 4.40. The zero-order valence-electron chi connectivity index (χ0n) is 8.22. The first-order valence-corrected chi connectivity index (χ1v) is 4.78. The van der Waals surface area contributed by atoms with E-state index in [1.807, 2.05) is 0 Å². The van der Waals surface area contributed by atoms with Crippen molar-refractivity contribution in [3.63, 3.8) is 0 Å². The van der Waals surface area contributed by atoms with E-state index in [1.165, 1.54) is 13.2 Å². The Bertz CT molecular complexity index is 329. The second-order valence-electron chi connectivity index (χ2n) is 3.08. The molecule has 0 heterocycles. The van der Waals surface area contributed by atoms with Gasteiger partial charge in [0.1, 0.15) is 18.0 Å². The summed E-state index contributed by atoms with van der Waals surface area (Å²) in [5.74, 6) is 0.526. The van der Waals surface area contributed by atoms with Crippen molar-refractivity contribution in [2.75, 3.05) is 13.7 Å². The van der Waals surface area contributed by atoms with Crippen LogP contribution in [0.2, 0.25) is 5.02 Å². The second-order valence-corrected chi connectivity index (χ2v) is 3.49. The summed E-state index contributed by atoms with van der Waals surface area (Å²) in [6.07, 6.45) is -2.48.